The lowest BCUT2D eigenvalue weighted by Gasteiger charge is -2.11. The highest BCUT2D eigenvalue weighted by Crippen LogP contribution is 2.29. The van der Waals surface area contributed by atoms with E-state index in [0.29, 0.717) is 33.9 Å². The molecule has 0 unspecified atom stereocenters. The topological polar surface area (TPSA) is 66.4 Å². The molecule has 0 bridgehead atoms. The number of methoxy groups -OCH3 is 2. The molecule has 0 aliphatic rings. The molecule has 0 amide bonds. The Kier molecular flexibility index (Phi) is 5.20. The second-order valence-electron chi connectivity index (χ2n) is 6.26. The van der Waals surface area contributed by atoms with Crippen LogP contribution < -0.4 is 14.2 Å². The zero-order valence-corrected chi connectivity index (χ0v) is 15.9. The molecule has 0 saturated carbocycles. The first-order chi connectivity index (χ1) is 14.2. The molecule has 0 N–H and O–H groups in total. The minimum atomic E-state index is -0.395. The Bertz CT molecular complexity index is 1150. The molecule has 0 spiro atoms. The fourth-order valence-electron chi connectivity index (χ4n) is 2.88. The van der Waals surface area contributed by atoms with Crippen molar-refractivity contribution in [1.29, 1.82) is 0 Å². The molecule has 29 heavy (non-hydrogen) atoms. The normalized spacial score (nSPS) is 10.7. The fourth-order valence-corrected chi connectivity index (χ4v) is 2.88. The summed E-state index contributed by atoms with van der Waals surface area (Å²) in [6.07, 6.45) is 3.14. The van der Waals surface area contributed by atoms with E-state index < -0.39 is 5.82 Å². The molecule has 2 aromatic heterocycles. The first kappa shape index (κ1) is 18.6. The Hall–Kier alpha value is -3.74. The average Bonchev–Trinajstić information content (AvgIpc) is 2.77. The van der Waals surface area contributed by atoms with E-state index in [2.05, 4.69) is 15.0 Å². The van der Waals surface area contributed by atoms with Crippen molar-refractivity contribution in [2.75, 3.05) is 14.2 Å². The summed E-state index contributed by atoms with van der Waals surface area (Å²) in [7, 11) is 3.15. The minimum Gasteiger partial charge on any atom is -0.497 e. The maximum atomic E-state index is 14.1. The highest BCUT2D eigenvalue weighted by Gasteiger charge is 2.11. The number of aromatic nitrogens is 3. The third kappa shape index (κ3) is 4.08. The van der Waals surface area contributed by atoms with Gasteiger partial charge in [0.2, 0.25) is 0 Å². The van der Waals surface area contributed by atoms with Crippen LogP contribution in [0.5, 0.6) is 17.2 Å². The number of pyridine rings is 1. The van der Waals surface area contributed by atoms with Crippen LogP contribution in [-0.2, 0) is 6.61 Å². The van der Waals surface area contributed by atoms with Crippen molar-refractivity contribution in [2.45, 2.75) is 6.61 Å². The van der Waals surface area contributed by atoms with Crippen LogP contribution in [0, 0.1) is 5.82 Å². The second kappa shape index (κ2) is 8.10. The molecule has 2 aromatic carbocycles. The van der Waals surface area contributed by atoms with Crippen LogP contribution >= 0.6 is 0 Å². The fraction of sp³-hybridized carbons (Fsp3) is 0.136. The summed E-state index contributed by atoms with van der Waals surface area (Å²) in [5.74, 6) is 1.67. The smallest absolute Gasteiger partial charge is 0.178 e. The Labute approximate surface area is 166 Å². The number of hydrogen-bond acceptors (Lipinski definition) is 6. The Morgan fingerprint density at radius 3 is 2.45 bits per heavy atom. The molecule has 7 heteroatoms. The van der Waals surface area contributed by atoms with Crippen molar-refractivity contribution >= 4 is 10.9 Å². The van der Waals surface area contributed by atoms with Gasteiger partial charge in [-0.3, -0.25) is 0 Å². The van der Waals surface area contributed by atoms with Gasteiger partial charge in [-0.25, -0.2) is 19.3 Å². The van der Waals surface area contributed by atoms with Crippen molar-refractivity contribution in [3.63, 3.8) is 0 Å². The number of halogens is 1. The van der Waals surface area contributed by atoms with Crippen molar-refractivity contribution < 1.29 is 18.6 Å². The van der Waals surface area contributed by atoms with E-state index >= 15 is 0 Å². The van der Waals surface area contributed by atoms with E-state index in [9.17, 15) is 4.39 Å². The van der Waals surface area contributed by atoms with Crippen LogP contribution in [0.2, 0.25) is 0 Å². The van der Waals surface area contributed by atoms with Crippen molar-refractivity contribution in [1.82, 2.24) is 15.0 Å². The lowest BCUT2D eigenvalue weighted by atomic mass is 10.1. The van der Waals surface area contributed by atoms with Gasteiger partial charge in [0.05, 0.1) is 26.6 Å². The van der Waals surface area contributed by atoms with Crippen LogP contribution in [0.25, 0.3) is 22.4 Å². The van der Waals surface area contributed by atoms with E-state index in [-0.39, 0.29) is 6.61 Å². The largest absolute Gasteiger partial charge is 0.497 e. The molecule has 0 aliphatic carbocycles. The maximum Gasteiger partial charge on any atom is 0.178 e. The van der Waals surface area contributed by atoms with E-state index in [0.717, 1.165) is 11.3 Å². The number of fused-ring (bicyclic) bond motifs is 1. The summed E-state index contributed by atoms with van der Waals surface area (Å²) < 4.78 is 30.3. The first-order valence-electron chi connectivity index (χ1n) is 8.89. The van der Waals surface area contributed by atoms with Crippen LogP contribution in [0.1, 0.15) is 5.56 Å². The molecule has 0 aliphatic heterocycles. The Morgan fingerprint density at radius 1 is 0.897 bits per heavy atom. The molecule has 0 saturated heterocycles. The summed E-state index contributed by atoms with van der Waals surface area (Å²) in [6.45, 7) is 0.251. The maximum absolute atomic E-state index is 14.1. The number of rotatable bonds is 6. The minimum absolute atomic E-state index is 0.251. The highest BCUT2D eigenvalue weighted by molar-refractivity contribution is 5.86. The van der Waals surface area contributed by atoms with Gasteiger partial charge in [-0.2, -0.15) is 0 Å². The molecular formula is C22H18FN3O3. The Morgan fingerprint density at radius 2 is 1.69 bits per heavy atom. The standard InChI is InChI=1S/C22H18FN3O3/c1-27-17-5-3-4-14(8-17)13-29-20-10-16(23)9-15-6-7-19(26-21(15)20)22-24-11-18(28-2)12-25-22/h3-12H,13H2,1-2H3. The molecule has 0 fully saturated rings. The molecule has 6 nitrogen and oxygen atoms in total. The van der Waals surface area contributed by atoms with Gasteiger partial charge >= 0.3 is 0 Å². The third-order valence-electron chi connectivity index (χ3n) is 4.34. The summed E-state index contributed by atoms with van der Waals surface area (Å²) in [5.41, 5.74) is 1.99. The van der Waals surface area contributed by atoms with E-state index in [1.807, 2.05) is 24.3 Å². The lowest BCUT2D eigenvalue weighted by Crippen LogP contribution is -1.99. The predicted molar refractivity (Wildman–Crippen MR) is 107 cm³/mol. The van der Waals surface area contributed by atoms with Crippen LogP contribution in [0.15, 0.2) is 60.9 Å². The van der Waals surface area contributed by atoms with Crippen LogP contribution in [-0.4, -0.2) is 29.2 Å². The predicted octanol–water partition coefficient (Wildman–Crippen LogP) is 4.43. The Balaban J connectivity index is 1.68. The molecule has 4 aromatic rings. The van der Waals surface area contributed by atoms with Gasteiger partial charge in [0.15, 0.2) is 11.6 Å². The third-order valence-corrected chi connectivity index (χ3v) is 4.34. The molecule has 4 rings (SSSR count). The summed E-state index contributed by atoms with van der Waals surface area (Å²) in [6, 6.07) is 13.8. The molecule has 0 atom stereocenters. The second-order valence-corrected chi connectivity index (χ2v) is 6.26. The van der Waals surface area contributed by atoms with E-state index in [1.54, 1.807) is 38.7 Å². The van der Waals surface area contributed by atoms with E-state index in [1.165, 1.54) is 12.1 Å². The quantitative estimate of drug-likeness (QED) is 0.485. The number of nitrogens with zero attached hydrogens (tertiary/aromatic N) is 3. The number of benzene rings is 2. The summed E-state index contributed by atoms with van der Waals surface area (Å²) >= 11 is 0. The van der Waals surface area contributed by atoms with E-state index in [4.69, 9.17) is 14.2 Å². The van der Waals surface area contributed by atoms with Crippen LogP contribution in [0.4, 0.5) is 4.39 Å². The average molecular weight is 391 g/mol. The lowest BCUT2D eigenvalue weighted by molar-refractivity contribution is 0.307. The van der Waals surface area contributed by atoms with Crippen LogP contribution in [0.3, 0.4) is 0 Å². The van der Waals surface area contributed by atoms with Gasteiger partial charge in [0.1, 0.15) is 35.1 Å². The zero-order valence-electron chi connectivity index (χ0n) is 15.9. The number of hydrogen-bond donors (Lipinski definition) is 0. The monoisotopic (exact) mass is 391 g/mol. The first-order valence-corrected chi connectivity index (χ1v) is 8.89. The van der Waals surface area contributed by atoms with Gasteiger partial charge in [-0.15, -0.1) is 0 Å². The summed E-state index contributed by atoms with van der Waals surface area (Å²) in [5, 5.41) is 0.628. The van der Waals surface area contributed by atoms with Crippen molar-refractivity contribution in [3.05, 3.63) is 72.3 Å². The number of ether oxygens (including phenoxy) is 3. The van der Waals surface area contributed by atoms with Gasteiger partial charge < -0.3 is 14.2 Å². The summed E-state index contributed by atoms with van der Waals surface area (Å²) in [4.78, 5) is 13.1. The van der Waals surface area contributed by atoms with Gasteiger partial charge in [-0.1, -0.05) is 18.2 Å². The van der Waals surface area contributed by atoms with Gasteiger partial charge in [0.25, 0.3) is 0 Å². The molecule has 146 valence electrons. The molecular weight excluding hydrogens is 373 g/mol. The molecule has 0 radical (unpaired) electrons. The van der Waals surface area contributed by atoms with Gasteiger partial charge in [0, 0.05) is 11.5 Å². The molecule has 2 heterocycles. The highest BCUT2D eigenvalue weighted by atomic mass is 19.1. The zero-order chi connectivity index (χ0) is 20.2. The van der Waals surface area contributed by atoms with Crippen molar-refractivity contribution in [3.8, 4) is 28.8 Å². The van der Waals surface area contributed by atoms with Crippen molar-refractivity contribution in [2.24, 2.45) is 0 Å². The van der Waals surface area contributed by atoms with Gasteiger partial charge in [-0.05, 0) is 29.8 Å². The SMILES string of the molecule is COc1cnc(-c2ccc3cc(F)cc(OCc4cccc(OC)c4)c3n2)nc1.